The van der Waals surface area contributed by atoms with E-state index in [0.717, 1.165) is 23.8 Å². The van der Waals surface area contributed by atoms with Crippen LogP contribution in [0.5, 0.6) is 0 Å². The van der Waals surface area contributed by atoms with Crippen LogP contribution in [0.2, 0.25) is 5.02 Å². The Morgan fingerprint density at radius 3 is 2.83 bits per heavy atom. The second-order valence-electron chi connectivity index (χ2n) is 6.58. The molecule has 9 nitrogen and oxygen atoms in total. The van der Waals surface area contributed by atoms with Gasteiger partial charge >= 0.3 is 5.69 Å². The van der Waals surface area contributed by atoms with Gasteiger partial charge in [-0.2, -0.15) is 0 Å². The molecule has 0 saturated heterocycles. The van der Waals surface area contributed by atoms with Crippen molar-refractivity contribution in [1.82, 2.24) is 19.7 Å². The zero-order valence-electron chi connectivity index (χ0n) is 15.1. The molecule has 3 aromatic rings. The fourth-order valence-corrected chi connectivity index (χ4v) is 3.88. The minimum absolute atomic E-state index is 0.0102. The van der Waals surface area contributed by atoms with E-state index in [4.69, 9.17) is 11.6 Å². The number of nitro benzene ring substituents is 1. The molecule has 1 N–H and O–H groups in total. The van der Waals surface area contributed by atoms with E-state index in [1.807, 2.05) is 17.5 Å². The Labute approximate surface area is 173 Å². The molecule has 0 aliphatic heterocycles. The van der Waals surface area contributed by atoms with Crippen LogP contribution in [0, 0.1) is 10.1 Å². The number of nitrogens with one attached hydrogen (secondary N) is 1. The van der Waals surface area contributed by atoms with Crippen molar-refractivity contribution in [2.45, 2.75) is 25.4 Å². The van der Waals surface area contributed by atoms with E-state index < -0.39 is 10.8 Å². The molecular weight excluding hydrogens is 418 g/mol. The van der Waals surface area contributed by atoms with Crippen LogP contribution in [0.15, 0.2) is 40.5 Å². The average molecular weight is 434 g/mol. The number of benzene rings is 1. The van der Waals surface area contributed by atoms with Crippen molar-refractivity contribution < 1.29 is 9.72 Å². The van der Waals surface area contributed by atoms with Gasteiger partial charge in [0.05, 0.1) is 26.9 Å². The molecule has 1 saturated carbocycles. The SMILES string of the molecule is O=C(NCCn1nc(-c2cccs2)n(C2CC2)c1=O)c1cc([N+](=O)[O-])ccc1Cl. The van der Waals surface area contributed by atoms with Gasteiger partial charge in [0.1, 0.15) is 0 Å². The Hall–Kier alpha value is -2.98. The maximum absolute atomic E-state index is 12.7. The lowest BCUT2D eigenvalue weighted by Gasteiger charge is -2.06. The number of nitro groups is 1. The summed E-state index contributed by atoms with van der Waals surface area (Å²) in [5.41, 5.74) is -0.422. The fourth-order valence-electron chi connectivity index (χ4n) is 2.97. The fraction of sp³-hybridized carbons (Fsp3) is 0.278. The van der Waals surface area contributed by atoms with Crippen molar-refractivity contribution in [3.8, 4) is 10.7 Å². The zero-order chi connectivity index (χ0) is 20.5. The Morgan fingerprint density at radius 1 is 1.38 bits per heavy atom. The average Bonchev–Trinajstić information content (AvgIpc) is 3.27. The monoisotopic (exact) mass is 433 g/mol. The molecule has 1 fully saturated rings. The van der Waals surface area contributed by atoms with Gasteiger partial charge in [0, 0.05) is 24.7 Å². The van der Waals surface area contributed by atoms with Gasteiger partial charge < -0.3 is 5.32 Å². The highest BCUT2D eigenvalue weighted by Crippen LogP contribution is 2.37. The van der Waals surface area contributed by atoms with E-state index in [1.54, 1.807) is 4.57 Å². The molecule has 0 atom stereocenters. The third-order valence-electron chi connectivity index (χ3n) is 4.54. The highest BCUT2D eigenvalue weighted by molar-refractivity contribution is 7.13. The summed E-state index contributed by atoms with van der Waals surface area (Å²) >= 11 is 7.50. The number of nitrogens with zero attached hydrogens (tertiary/aromatic N) is 4. The van der Waals surface area contributed by atoms with Crippen LogP contribution in [0.4, 0.5) is 5.69 Å². The van der Waals surface area contributed by atoms with Crippen LogP contribution < -0.4 is 11.0 Å². The van der Waals surface area contributed by atoms with Crippen molar-refractivity contribution in [2.24, 2.45) is 0 Å². The molecule has 2 heterocycles. The summed E-state index contributed by atoms with van der Waals surface area (Å²) in [6.45, 7) is 0.304. The normalized spacial score (nSPS) is 13.4. The number of hydrogen-bond acceptors (Lipinski definition) is 6. The number of thiophene rings is 1. The van der Waals surface area contributed by atoms with Crippen LogP contribution >= 0.6 is 22.9 Å². The molecule has 29 heavy (non-hydrogen) atoms. The Kier molecular flexibility index (Phi) is 5.20. The molecule has 1 aliphatic carbocycles. The number of halogens is 1. The van der Waals surface area contributed by atoms with Crippen LogP contribution in [0.1, 0.15) is 29.2 Å². The summed E-state index contributed by atoms with van der Waals surface area (Å²) in [5.74, 6) is 0.0902. The Bertz CT molecular complexity index is 1130. The lowest BCUT2D eigenvalue weighted by atomic mass is 10.2. The first kappa shape index (κ1) is 19.3. The van der Waals surface area contributed by atoms with Crippen LogP contribution in [-0.4, -0.2) is 31.7 Å². The quantitative estimate of drug-likeness (QED) is 0.454. The van der Waals surface area contributed by atoms with Gasteiger partial charge in [0.2, 0.25) is 0 Å². The largest absolute Gasteiger partial charge is 0.350 e. The summed E-state index contributed by atoms with van der Waals surface area (Å²) in [6.07, 6.45) is 1.90. The maximum Gasteiger partial charge on any atom is 0.346 e. The molecule has 1 aliphatic rings. The van der Waals surface area contributed by atoms with Crippen LogP contribution in [-0.2, 0) is 6.54 Å². The Balaban J connectivity index is 1.48. The number of hydrogen-bond donors (Lipinski definition) is 1. The minimum atomic E-state index is -0.594. The highest BCUT2D eigenvalue weighted by atomic mass is 35.5. The summed E-state index contributed by atoms with van der Waals surface area (Å²) in [6, 6.07) is 7.66. The third kappa shape index (κ3) is 3.94. The number of rotatable bonds is 7. The number of non-ortho nitro benzene ring substituents is 1. The van der Waals surface area contributed by atoms with Gasteiger partial charge in [-0.25, -0.2) is 9.48 Å². The first-order valence-electron chi connectivity index (χ1n) is 8.91. The third-order valence-corrected chi connectivity index (χ3v) is 5.73. The van der Waals surface area contributed by atoms with Crippen LogP contribution in [0.25, 0.3) is 10.7 Å². The van der Waals surface area contributed by atoms with Gasteiger partial charge in [-0.05, 0) is 30.4 Å². The summed E-state index contributed by atoms with van der Waals surface area (Å²) in [7, 11) is 0. The molecule has 0 unspecified atom stereocenters. The molecule has 1 aromatic carbocycles. The lowest BCUT2D eigenvalue weighted by molar-refractivity contribution is -0.384. The maximum atomic E-state index is 12.7. The molecule has 11 heteroatoms. The van der Waals surface area contributed by atoms with E-state index >= 15 is 0 Å². The zero-order valence-corrected chi connectivity index (χ0v) is 16.7. The van der Waals surface area contributed by atoms with Crippen molar-refractivity contribution in [3.63, 3.8) is 0 Å². The summed E-state index contributed by atoms with van der Waals surface area (Å²) in [4.78, 5) is 36.3. The van der Waals surface area contributed by atoms with Crippen LogP contribution in [0.3, 0.4) is 0 Å². The van der Waals surface area contributed by atoms with E-state index in [-0.39, 0.29) is 41.1 Å². The second-order valence-corrected chi connectivity index (χ2v) is 7.94. The van der Waals surface area contributed by atoms with E-state index in [0.29, 0.717) is 5.82 Å². The van der Waals surface area contributed by atoms with Gasteiger partial charge in [-0.1, -0.05) is 17.7 Å². The standard InChI is InChI=1S/C18H16ClN5O4S/c19-14-6-5-12(24(27)28)10-13(14)17(25)20-7-8-22-18(26)23(11-3-4-11)16(21-22)15-2-1-9-29-15/h1-2,5-6,9-11H,3-4,7-8H2,(H,20,25). The first-order chi connectivity index (χ1) is 14.0. The van der Waals surface area contributed by atoms with E-state index in [9.17, 15) is 19.7 Å². The molecule has 0 bridgehead atoms. The van der Waals surface area contributed by atoms with Gasteiger partial charge in [-0.15, -0.1) is 16.4 Å². The lowest BCUT2D eigenvalue weighted by Crippen LogP contribution is -2.32. The van der Waals surface area contributed by atoms with Gasteiger partial charge in [0.25, 0.3) is 11.6 Å². The molecule has 0 spiro atoms. The van der Waals surface area contributed by atoms with E-state index in [1.165, 1.54) is 28.2 Å². The van der Waals surface area contributed by atoms with Crippen molar-refractivity contribution in [3.05, 3.63) is 66.9 Å². The number of aromatic nitrogens is 3. The highest BCUT2D eigenvalue weighted by Gasteiger charge is 2.30. The second kappa shape index (κ2) is 7.80. The van der Waals surface area contributed by atoms with Crippen molar-refractivity contribution >= 4 is 34.5 Å². The topological polar surface area (TPSA) is 112 Å². The molecule has 150 valence electrons. The molecular formula is C18H16ClN5O4S. The first-order valence-corrected chi connectivity index (χ1v) is 10.2. The molecule has 4 rings (SSSR count). The molecule has 0 radical (unpaired) electrons. The number of amides is 1. The van der Waals surface area contributed by atoms with Gasteiger partial charge in [0.15, 0.2) is 5.82 Å². The predicted molar refractivity (Wildman–Crippen MR) is 109 cm³/mol. The Morgan fingerprint density at radius 2 is 2.17 bits per heavy atom. The minimum Gasteiger partial charge on any atom is -0.350 e. The molecule has 2 aromatic heterocycles. The van der Waals surface area contributed by atoms with E-state index in [2.05, 4.69) is 10.4 Å². The molecule has 1 amide bonds. The predicted octanol–water partition coefficient (Wildman–Crippen LogP) is 3.10. The summed E-state index contributed by atoms with van der Waals surface area (Å²) < 4.78 is 3.05. The van der Waals surface area contributed by atoms with Crippen molar-refractivity contribution in [1.29, 1.82) is 0 Å². The summed E-state index contributed by atoms with van der Waals surface area (Å²) in [5, 5.41) is 20.0. The van der Waals surface area contributed by atoms with Gasteiger partial charge in [-0.3, -0.25) is 19.5 Å². The van der Waals surface area contributed by atoms with Crippen molar-refractivity contribution in [2.75, 3.05) is 6.54 Å². The number of carbonyl (C=O) groups excluding carboxylic acids is 1. The number of carbonyl (C=O) groups is 1. The smallest absolute Gasteiger partial charge is 0.346 e.